The van der Waals surface area contributed by atoms with Crippen molar-refractivity contribution in [3.8, 4) is 0 Å². The fraction of sp³-hybridized carbons (Fsp3) is 0.385. The Hall–Kier alpha value is -1.46. The first-order valence-electron chi connectivity index (χ1n) is 6.12. The third-order valence-corrected chi connectivity index (χ3v) is 2.94. The van der Waals surface area contributed by atoms with Crippen molar-refractivity contribution in [3.05, 3.63) is 29.8 Å². The van der Waals surface area contributed by atoms with Crippen LogP contribution in [0.5, 0.6) is 0 Å². The minimum atomic E-state index is -0.449. The van der Waals surface area contributed by atoms with E-state index in [4.69, 9.17) is 11.6 Å². The summed E-state index contributed by atoms with van der Waals surface area (Å²) in [6, 6.07) is 7.20. The molecule has 0 aliphatic heterocycles. The minimum Gasteiger partial charge on any atom is -0.372 e. The fourth-order valence-electron chi connectivity index (χ4n) is 1.64. The second-order valence-corrected chi connectivity index (χ2v) is 4.12. The number of nitrogens with one attached hydrogen (secondary N) is 2. The van der Waals surface area contributed by atoms with Crippen LogP contribution in [0, 0.1) is 0 Å². The standard InChI is InChI=1S/C13H18ClN3O2.ClH/c1-3-17(4-2)11-7-5-10(6-8-11)13(19)16-15-12(18)9-14;/h5-8H,3-4,9H2,1-2H3,(H,15,18)(H,16,19);1H. The predicted molar refractivity (Wildman–Crippen MR) is 83.6 cm³/mol. The number of carbonyl (C=O) groups is 2. The Morgan fingerprint density at radius 3 is 2.10 bits per heavy atom. The van der Waals surface area contributed by atoms with Gasteiger partial charge in [0.2, 0.25) is 0 Å². The maximum absolute atomic E-state index is 11.7. The Morgan fingerprint density at radius 2 is 1.65 bits per heavy atom. The molecule has 0 aliphatic rings. The van der Waals surface area contributed by atoms with Gasteiger partial charge < -0.3 is 4.90 Å². The van der Waals surface area contributed by atoms with Gasteiger partial charge in [0.25, 0.3) is 11.8 Å². The lowest BCUT2D eigenvalue weighted by molar-refractivity contribution is -0.119. The molecule has 0 bridgehead atoms. The van der Waals surface area contributed by atoms with Crippen LogP contribution in [0.25, 0.3) is 0 Å². The highest BCUT2D eigenvalue weighted by Gasteiger charge is 2.08. The lowest BCUT2D eigenvalue weighted by atomic mass is 10.2. The molecule has 0 fully saturated rings. The Bertz CT molecular complexity index is 434. The van der Waals surface area contributed by atoms with Crippen LogP contribution in [0.1, 0.15) is 24.2 Å². The summed E-state index contributed by atoms with van der Waals surface area (Å²) in [4.78, 5) is 24.8. The summed E-state index contributed by atoms with van der Waals surface area (Å²) in [5, 5.41) is 0. The lowest BCUT2D eigenvalue weighted by Gasteiger charge is -2.21. The van der Waals surface area contributed by atoms with Crippen LogP contribution >= 0.6 is 24.0 Å². The van der Waals surface area contributed by atoms with Crippen molar-refractivity contribution >= 4 is 41.5 Å². The monoisotopic (exact) mass is 319 g/mol. The van der Waals surface area contributed by atoms with Crippen molar-refractivity contribution in [2.24, 2.45) is 0 Å². The van der Waals surface area contributed by atoms with E-state index in [-0.39, 0.29) is 24.2 Å². The normalized spacial score (nSPS) is 9.35. The van der Waals surface area contributed by atoms with E-state index < -0.39 is 5.91 Å². The van der Waals surface area contributed by atoms with Crippen LogP contribution < -0.4 is 15.8 Å². The Balaban J connectivity index is 0.00000361. The molecule has 1 aromatic rings. The van der Waals surface area contributed by atoms with Gasteiger partial charge in [0.05, 0.1) is 0 Å². The third kappa shape index (κ3) is 5.27. The van der Waals surface area contributed by atoms with Gasteiger partial charge in [-0.1, -0.05) is 0 Å². The number of amides is 2. The number of benzene rings is 1. The average Bonchev–Trinajstić information content (AvgIpc) is 2.46. The molecule has 0 atom stereocenters. The summed E-state index contributed by atoms with van der Waals surface area (Å²) < 4.78 is 0. The van der Waals surface area contributed by atoms with Gasteiger partial charge in [0, 0.05) is 24.3 Å². The first-order valence-corrected chi connectivity index (χ1v) is 6.66. The zero-order chi connectivity index (χ0) is 14.3. The molecule has 2 amide bonds. The summed E-state index contributed by atoms with van der Waals surface area (Å²) in [5.41, 5.74) is 6.04. The van der Waals surface area contributed by atoms with Gasteiger partial charge in [-0.2, -0.15) is 0 Å². The van der Waals surface area contributed by atoms with Crippen molar-refractivity contribution in [2.45, 2.75) is 13.8 Å². The molecule has 0 saturated carbocycles. The van der Waals surface area contributed by atoms with Crippen LogP contribution in [0.15, 0.2) is 24.3 Å². The van der Waals surface area contributed by atoms with Crippen LogP contribution in [0.3, 0.4) is 0 Å². The van der Waals surface area contributed by atoms with E-state index in [0.29, 0.717) is 5.56 Å². The molecule has 0 aromatic heterocycles. The molecule has 5 nitrogen and oxygen atoms in total. The maximum Gasteiger partial charge on any atom is 0.269 e. The summed E-state index contributed by atoms with van der Waals surface area (Å²) >= 11 is 5.30. The van der Waals surface area contributed by atoms with Gasteiger partial charge in [0.15, 0.2) is 0 Å². The molecule has 1 aromatic carbocycles. The van der Waals surface area contributed by atoms with E-state index in [1.807, 2.05) is 12.1 Å². The Morgan fingerprint density at radius 1 is 1.10 bits per heavy atom. The molecule has 0 radical (unpaired) electrons. The number of hydrogen-bond acceptors (Lipinski definition) is 3. The number of hydrazine groups is 1. The molecule has 0 heterocycles. The fourth-order valence-corrected chi connectivity index (χ4v) is 1.71. The molecule has 112 valence electrons. The molecule has 7 heteroatoms. The van der Waals surface area contributed by atoms with Crippen molar-refractivity contribution in [1.82, 2.24) is 10.9 Å². The van der Waals surface area contributed by atoms with Crippen LogP contribution in [-0.2, 0) is 4.79 Å². The quantitative estimate of drug-likeness (QED) is 0.644. The lowest BCUT2D eigenvalue weighted by Crippen LogP contribution is -2.42. The highest BCUT2D eigenvalue weighted by Crippen LogP contribution is 2.14. The van der Waals surface area contributed by atoms with E-state index in [9.17, 15) is 9.59 Å². The molecular formula is C13H19Cl2N3O2. The third-order valence-electron chi connectivity index (χ3n) is 2.69. The summed E-state index contributed by atoms with van der Waals surface area (Å²) in [5.74, 6) is -1.01. The van der Waals surface area contributed by atoms with Crippen LogP contribution in [0.4, 0.5) is 5.69 Å². The number of rotatable bonds is 5. The zero-order valence-corrected chi connectivity index (χ0v) is 13.1. The van der Waals surface area contributed by atoms with Crippen molar-refractivity contribution in [3.63, 3.8) is 0 Å². The molecule has 1 rings (SSSR count). The molecular weight excluding hydrogens is 301 g/mol. The summed E-state index contributed by atoms with van der Waals surface area (Å²) in [6.45, 7) is 5.97. The highest BCUT2D eigenvalue weighted by atomic mass is 35.5. The van der Waals surface area contributed by atoms with Crippen LogP contribution in [0.2, 0.25) is 0 Å². The van der Waals surface area contributed by atoms with Gasteiger partial charge >= 0.3 is 0 Å². The van der Waals surface area contributed by atoms with E-state index >= 15 is 0 Å². The molecule has 0 unspecified atom stereocenters. The number of carbonyl (C=O) groups excluding carboxylic acids is 2. The van der Waals surface area contributed by atoms with Gasteiger partial charge in [0.1, 0.15) is 5.88 Å². The SMILES string of the molecule is CCN(CC)c1ccc(C(=O)NNC(=O)CCl)cc1.Cl. The van der Waals surface area contributed by atoms with E-state index in [2.05, 4.69) is 29.6 Å². The first-order chi connectivity index (χ1) is 9.12. The van der Waals surface area contributed by atoms with Crippen LogP contribution in [-0.4, -0.2) is 30.8 Å². The molecule has 0 spiro atoms. The Kier molecular flexibility index (Phi) is 8.76. The van der Waals surface area contributed by atoms with Gasteiger partial charge in [-0.15, -0.1) is 24.0 Å². The number of alkyl halides is 1. The van der Waals surface area contributed by atoms with E-state index in [0.717, 1.165) is 18.8 Å². The number of nitrogens with zero attached hydrogens (tertiary/aromatic N) is 1. The average molecular weight is 320 g/mol. The second kappa shape index (κ2) is 9.44. The van der Waals surface area contributed by atoms with Gasteiger partial charge in [-0.25, -0.2) is 0 Å². The van der Waals surface area contributed by atoms with Gasteiger partial charge in [-0.3, -0.25) is 20.4 Å². The molecule has 0 saturated heterocycles. The van der Waals surface area contributed by atoms with E-state index in [1.165, 1.54) is 0 Å². The first kappa shape index (κ1) is 18.5. The summed E-state index contributed by atoms with van der Waals surface area (Å²) in [6.07, 6.45) is 0. The Labute approximate surface area is 130 Å². The molecule has 2 N–H and O–H groups in total. The molecule has 0 aliphatic carbocycles. The van der Waals surface area contributed by atoms with E-state index in [1.54, 1.807) is 12.1 Å². The summed E-state index contributed by atoms with van der Waals surface area (Å²) in [7, 11) is 0. The zero-order valence-electron chi connectivity index (χ0n) is 11.5. The topological polar surface area (TPSA) is 61.4 Å². The van der Waals surface area contributed by atoms with Gasteiger partial charge in [-0.05, 0) is 38.1 Å². The number of anilines is 1. The smallest absolute Gasteiger partial charge is 0.269 e. The predicted octanol–water partition coefficient (Wildman–Crippen LogP) is 1.95. The highest BCUT2D eigenvalue weighted by molar-refractivity contribution is 6.27. The maximum atomic E-state index is 11.7. The van der Waals surface area contributed by atoms with Crippen molar-refractivity contribution in [1.29, 1.82) is 0 Å². The van der Waals surface area contributed by atoms with Crippen molar-refractivity contribution < 1.29 is 9.59 Å². The number of hydrogen-bond donors (Lipinski definition) is 2. The minimum absolute atomic E-state index is 0. The second-order valence-electron chi connectivity index (χ2n) is 3.86. The molecule has 20 heavy (non-hydrogen) atoms. The number of halogens is 2. The largest absolute Gasteiger partial charge is 0.372 e. The van der Waals surface area contributed by atoms with Crippen molar-refractivity contribution in [2.75, 3.05) is 23.9 Å².